The van der Waals surface area contributed by atoms with Gasteiger partial charge in [-0.05, 0) is 28.1 Å². The van der Waals surface area contributed by atoms with Crippen molar-refractivity contribution in [3.63, 3.8) is 0 Å². The molecule has 120 valence electrons. The second-order valence-electron chi connectivity index (χ2n) is 4.64. The van der Waals surface area contributed by atoms with Crippen LogP contribution in [0.1, 0.15) is 21.7 Å². The van der Waals surface area contributed by atoms with Crippen molar-refractivity contribution in [1.29, 1.82) is 0 Å². The van der Waals surface area contributed by atoms with Gasteiger partial charge in [-0.15, -0.1) is 0 Å². The molecular formula is C14H10BrNO7. The van der Waals surface area contributed by atoms with Crippen molar-refractivity contribution in [2.45, 2.75) is 13.2 Å². The second-order valence-corrected chi connectivity index (χ2v) is 5.42. The summed E-state index contributed by atoms with van der Waals surface area (Å²) in [6, 6.07) is 5.71. The molecule has 1 aliphatic rings. The third-order valence-corrected chi connectivity index (χ3v) is 3.54. The maximum atomic E-state index is 11.9. The fourth-order valence-electron chi connectivity index (χ4n) is 2.13. The van der Waals surface area contributed by atoms with Gasteiger partial charge in [0.25, 0.3) is 5.69 Å². The molecule has 1 aromatic heterocycles. The molecular weight excluding hydrogens is 374 g/mol. The zero-order valence-corrected chi connectivity index (χ0v) is 13.2. The average Bonchev–Trinajstić information content (AvgIpc) is 2.98. The summed E-state index contributed by atoms with van der Waals surface area (Å²) in [6.45, 7) is 0.0567. The summed E-state index contributed by atoms with van der Waals surface area (Å²) >= 11 is 3.09. The quantitative estimate of drug-likeness (QED) is 0.453. The molecule has 0 amide bonds. The van der Waals surface area contributed by atoms with Gasteiger partial charge in [0.05, 0.1) is 11.5 Å². The van der Waals surface area contributed by atoms with E-state index in [2.05, 4.69) is 15.9 Å². The van der Waals surface area contributed by atoms with E-state index >= 15 is 0 Å². The topological polar surface area (TPSA) is 101 Å². The first kappa shape index (κ1) is 15.5. The lowest BCUT2D eigenvalue weighted by Gasteiger charge is -2.20. The Morgan fingerprint density at radius 2 is 2.22 bits per heavy atom. The van der Waals surface area contributed by atoms with E-state index in [0.717, 1.165) is 0 Å². The molecule has 0 unspecified atom stereocenters. The number of ether oxygens (including phenoxy) is 3. The number of benzene rings is 1. The van der Waals surface area contributed by atoms with Crippen LogP contribution < -0.4 is 4.74 Å². The predicted molar refractivity (Wildman–Crippen MR) is 78.9 cm³/mol. The molecule has 0 N–H and O–H groups in total. The molecule has 0 fully saturated rings. The molecule has 2 heterocycles. The Hall–Kier alpha value is -2.39. The maximum absolute atomic E-state index is 11.9. The molecule has 0 aliphatic carbocycles. The van der Waals surface area contributed by atoms with Crippen molar-refractivity contribution in [2.75, 3.05) is 6.79 Å². The minimum atomic E-state index is -0.678. The Bertz CT molecular complexity index is 770. The lowest BCUT2D eigenvalue weighted by Crippen LogP contribution is -2.15. The van der Waals surface area contributed by atoms with E-state index in [4.69, 9.17) is 18.6 Å². The SMILES string of the molecule is O=C(OCc1cc([N+](=O)[O-])cc2c1OCOC2)c1ccc(Br)o1. The van der Waals surface area contributed by atoms with Gasteiger partial charge in [-0.1, -0.05) is 0 Å². The summed E-state index contributed by atoms with van der Waals surface area (Å²) in [7, 11) is 0. The molecule has 1 aromatic carbocycles. The van der Waals surface area contributed by atoms with Gasteiger partial charge in [-0.2, -0.15) is 0 Å². The highest BCUT2D eigenvalue weighted by atomic mass is 79.9. The van der Waals surface area contributed by atoms with Gasteiger partial charge in [-0.25, -0.2) is 4.79 Å². The van der Waals surface area contributed by atoms with Crippen LogP contribution >= 0.6 is 15.9 Å². The molecule has 1 aliphatic heterocycles. The lowest BCUT2D eigenvalue weighted by atomic mass is 10.1. The van der Waals surface area contributed by atoms with Crippen molar-refractivity contribution in [3.8, 4) is 5.75 Å². The van der Waals surface area contributed by atoms with Gasteiger partial charge in [-0.3, -0.25) is 10.1 Å². The standard InChI is InChI=1S/C14H10BrNO7/c15-12-2-1-11(23-12)14(17)21-6-9-4-10(16(18)19)3-8-5-20-7-22-13(8)9/h1-4H,5-7H2. The second kappa shape index (κ2) is 6.39. The first-order chi connectivity index (χ1) is 11.0. The Labute approximate surface area is 138 Å². The number of rotatable bonds is 4. The highest BCUT2D eigenvalue weighted by Crippen LogP contribution is 2.33. The molecule has 2 aromatic rings. The highest BCUT2D eigenvalue weighted by Gasteiger charge is 2.22. The zero-order valence-electron chi connectivity index (χ0n) is 11.6. The van der Waals surface area contributed by atoms with E-state index in [1.807, 2.05) is 0 Å². The van der Waals surface area contributed by atoms with Crippen molar-refractivity contribution < 1.29 is 28.3 Å². The van der Waals surface area contributed by atoms with E-state index in [9.17, 15) is 14.9 Å². The summed E-state index contributed by atoms with van der Waals surface area (Å²) in [5.41, 5.74) is 0.818. The Balaban J connectivity index is 1.82. The van der Waals surface area contributed by atoms with Crippen molar-refractivity contribution in [3.05, 3.63) is 55.9 Å². The number of furan rings is 1. The van der Waals surface area contributed by atoms with Gasteiger partial charge in [0.15, 0.2) is 11.5 Å². The summed E-state index contributed by atoms with van der Waals surface area (Å²) < 4.78 is 21.1. The fourth-order valence-corrected chi connectivity index (χ4v) is 2.44. The number of nitro groups is 1. The number of carbonyl (C=O) groups is 1. The van der Waals surface area contributed by atoms with Gasteiger partial charge >= 0.3 is 5.97 Å². The molecule has 3 rings (SSSR count). The molecule has 8 nitrogen and oxygen atoms in total. The van der Waals surface area contributed by atoms with E-state index in [1.54, 1.807) is 6.07 Å². The zero-order chi connectivity index (χ0) is 16.4. The first-order valence-corrected chi connectivity index (χ1v) is 7.27. The number of hydrogen-bond acceptors (Lipinski definition) is 7. The molecule has 23 heavy (non-hydrogen) atoms. The van der Waals surface area contributed by atoms with Crippen LogP contribution in [0.5, 0.6) is 5.75 Å². The normalized spacial score (nSPS) is 13.1. The number of nitro benzene ring substituents is 1. The number of esters is 1. The number of non-ortho nitro benzene ring substituents is 1. The van der Waals surface area contributed by atoms with Crippen LogP contribution in [-0.2, 0) is 22.7 Å². The monoisotopic (exact) mass is 383 g/mol. The lowest BCUT2D eigenvalue weighted by molar-refractivity contribution is -0.385. The van der Waals surface area contributed by atoms with Crippen LogP contribution in [0, 0.1) is 10.1 Å². The number of fused-ring (bicyclic) bond motifs is 1. The summed E-state index contributed by atoms with van der Waals surface area (Å²) in [5.74, 6) is -0.210. The van der Waals surface area contributed by atoms with Crippen LogP contribution in [0.3, 0.4) is 0 Å². The predicted octanol–water partition coefficient (Wildman–Crippen LogP) is 3.17. The van der Waals surface area contributed by atoms with Crippen LogP contribution in [0.25, 0.3) is 0 Å². The molecule has 0 spiro atoms. The number of halogens is 1. The highest BCUT2D eigenvalue weighted by molar-refractivity contribution is 9.10. The molecule has 9 heteroatoms. The molecule has 0 atom stereocenters. The molecule has 0 saturated heterocycles. The minimum absolute atomic E-state index is 0.0282. The smallest absolute Gasteiger partial charge is 0.374 e. The van der Waals surface area contributed by atoms with Gasteiger partial charge in [0.1, 0.15) is 12.4 Å². The van der Waals surface area contributed by atoms with Crippen molar-refractivity contribution >= 4 is 27.6 Å². The summed E-state index contributed by atoms with van der Waals surface area (Å²) in [6.07, 6.45) is 0. The molecule has 0 saturated carbocycles. The molecule has 0 radical (unpaired) electrons. The largest absolute Gasteiger partial charge is 0.467 e. The molecule has 0 bridgehead atoms. The third kappa shape index (κ3) is 3.35. The minimum Gasteiger partial charge on any atom is -0.467 e. The third-order valence-electron chi connectivity index (χ3n) is 3.12. The van der Waals surface area contributed by atoms with E-state index in [-0.39, 0.29) is 31.5 Å². The number of carbonyl (C=O) groups excluding carboxylic acids is 1. The van der Waals surface area contributed by atoms with Gasteiger partial charge in [0, 0.05) is 23.3 Å². The Morgan fingerprint density at radius 3 is 2.91 bits per heavy atom. The van der Waals surface area contributed by atoms with Crippen LogP contribution in [0.4, 0.5) is 5.69 Å². The Kier molecular flexibility index (Phi) is 4.30. The van der Waals surface area contributed by atoms with E-state index in [1.165, 1.54) is 18.2 Å². The summed E-state index contributed by atoms with van der Waals surface area (Å²) in [4.78, 5) is 22.4. The Morgan fingerprint density at radius 1 is 1.39 bits per heavy atom. The summed E-state index contributed by atoms with van der Waals surface area (Å²) in [5, 5.41) is 11.0. The number of hydrogen-bond donors (Lipinski definition) is 0. The van der Waals surface area contributed by atoms with Crippen LogP contribution in [-0.4, -0.2) is 17.7 Å². The first-order valence-electron chi connectivity index (χ1n) is 6.48. The van der Waals surface area contributed by atoms with Crippen LogP contribution in [0.15, 0.2) is 33.4 Å². The van der Waals surface area contributed by atoms with Gasteiger partial charge in [0.2, 0.25) is 5.76 Å². The van der Waals surface area contributed by atoms with Crippen molar-refractivity contribution in [2.24, 2.45) is 0 Å². The van der Waals surface area contributed by atoms with Crippen LogP contribution in [0.2, 0.25) is 0 Å². The van der Waals surface area contributed by atoms with E-state index in [0.29, 0.717) is 21.5 Å². The van der Waals surface area contributed by atoms with Gasteiger partial charge < -0.3 is 18.6 Å². The average molecular weight is 384 g/mol. The fraction of sp³-hybridized carbons (Fsp3) is 0.214. The van der Waals surface area contributed by atoms with Crippen molar-refractivity contribution in [1.82, 2.24) is 0 Å². The maximum Gasteiger partial charge on any atom is 0.374 e. The van der Waals surface area contributed by atoms with E-state index < -0.39 is 10.9 Å². The number of nitrogens with zero attached hydrogens (tertiary/aromatic N) is 1.